The third-order valence-electron chi connectivity index (χ3n) is 4.02. The smallest absolute Gasteiger partial charge is 0.305 e. The molecule has 0 spiro atoms. The minimum atomic E-state index is -0.139. The standard InChI is InChI=1S/C16H23NO2/c1-17-11-9-15(10-12-17)14-6-3-13(4-7-14)5-8-16(18)19-2/h3-4,6-7,15H,5,8-12H2,1-2H3. The molecule has 0 bridgehead atoms. The Morgan fingerprint density at radius 1 is 1.26 bits per heavy atom. The zero-order valence-electron chi connectivity index (χ0n) is 11.9. The van der Waals surface area contributed by atoms with E-state index in [0.717, 1.165) is 6.42 Å². The van der Waals surface area contributed by atoms with E-state index in [4.69, 9.17) is 0 Å². The second-order valence-corrected chi connectivity index (χ2v) is 5.40. The predicted octanol–water partition coefficient (Wildman–Crippen LogP) is 2.60. The molecule has 0 N–H and O–H groups in total. The van der Waals surface area contributed by atoms with E-state index in [1.807, 2.05) is 0 Å². The van der Waals surface area contributed by atoms with Crippen molar-refractivity contribution in [2.75, 3.05) is 27.2 Å². The molecular weight excluding hydrogens is 238 g/mol. The van der Waals surface area contributed by atoms with Crippen LogP contribution < -0.4 is 0 Å². The fourth-order valence-electron chi connectivity index (χ4n) is 2.65. The van der Waals surface area contributed by atoms with Gasteiger partial charge in [0.25, 0.3) is 0 Å². The molecule has 19 heavy (non-hydrogen) atoms. The fourth-order valence-corrected chi connectivity index (χ4v) is 2.65. The van der Waals surface area contributed by atoms with Crippen LogP contribution in [0.1, 0.15) is 36.3 Å². The van der Waals surface area contributed by atoms with Crippen molar-refractivity contribution >= 4 is 5.97 Å². The van der Waals surface area contributed by atoms with Crippen LogP contribution in [0.5, 0.6) is 0 Å². The number of hydrogen-bond donors (Lipinski definition) is 0. The molecule has 3 heteroatoms. The van der Waals surface area contributed by atoms with Crippen LogP contribution in [-0.2, 0) is 16.0 Å². The lowest BCUT2D eigenvalue weighted by atomic mass is 9.89. The summed E-state index contributed by atoms with van der Waals surface area (Å²) in [6.45, 7) is 2.38. The lowest BCUT2D eigenvalue weighted by Crippen LogP contribution is -2.29. The Labute approximate surface area is 115 Å². The van der Waals surface area contributed by atoms with Crippen molar-refractivity contribution in [1.29, 1.82) is 0 Å². The maximum Gasteiger partial charge on any atom is 0.305 e. The lowest BCUT2D eigenvalue weighted by molar-refractivity contribution is -0.140. The van der Waals surface area contributed by atoms with Crippen LogP contribution in [0.15, 0.2) is 24.3 Å². The van der Waals surface area contributed by atoms with E-state index in [9.17, 15) is 4.79 Å². The van der Waals surface area contributed by atoms with Gasteiger partial charge >= 0.3 is 5.97 Å². The van der Waals surface area contributed by atoms with E-state index >= 15 is 0 Å². The van der Waals surface area contributed by atoms with E-state index in [-0.39, 0.29) is 5.97 Å². The highest BCUT2D eigenvalue weighted by Gasteiger charge is 2.17. The van der Waals surface area contributed by atoms with Crippen LogP contribution in [0, 0.1) is 0 Å². The number of ether oxygens (including phenoxy) is 1. The number of likely N-dealkylation sites (tertiary alicyclic amines) is 1. The SMILES string of the molecule is COC(=O)CCc1ccc(C2CCN(C)CC2)cc1. The molecule has 1 aliphatic heterocycles. The third kappa shape index (κ3) is 4.06. The molecule has 3 nitrogen and oxygen atoms in total. The monoisotopic (exact) mass is 261 g/mol. The molecule has 1 aromatic rings. The first-order valence-electron chi connectivity index (χ1n) is 7.03. The molecule has 0 atom stereocenters. The number of rotatable bonds is 4. The highest BCUT2D eigenvalue weighted by Crippen LogP contribution is 2.27. The average molecular weight is 261 g/mol. The molecule has 2 rings (SSSR count). The summed E-state index contributed by atoms with van der Waals surface area (Å²) < 4.78 is 4.66. The summed E-state index contributed by atoms with van der Waals surface area (Å²) in [6.07, 6.45) is 3.72. The topological polar surface area (TPSA) is 29.5 Å². The molecule has 0 aromatic heterocycles. The zero-order chi connectivity index (χ0) is 13.7. The lowest BCUT2D eigenvalue weighted by Gasteiger charge is -2.29. The Morgan fingerprint density at radius 2 is 1.89 bits per heavy atom. The minimum Gasteiger partial charge on any atom is -0.469 e. The van der Waals surface area contributed by atoms with Crippen LogP contribution >= 0.6 is 0 Å². The first kappa shape index (κ1) is 14.1. The van der Waals surface area contributed by atoms with Gasteiger partial charge in [-0.15, -0.1) is 0 Å². The molecule has 0 saturated carbocycles. The number of benzene rings is 1. The molecule has 0 amide bonds. The van der Waals surface area contributed by atoms with Gasteiger partial charge in [0.1, 0.15) is 0 Å². The quantitative estimate of drug-likeness (QED) is 0.780. The first-order valence-corrected chi connectivity index (χ1v) is 7.03. The van der Waals surface area contributed by atoms with Crippen LogP contribution in [0.25, 0.3) is 0 Å². The number of esters is 1. The van der Waals surface area contributed by atoms with Gasteiger partial charge in [-0.2, -0.15) is 0 Å². The van der Waals surface area contributed by atoms with Crippen LogP contribution in [0.2, 0.25) is 0 Å². The Bertz CT molecular complexity index is 405. The highest BCUT2D eigenvalue weighted by molar-refractivity contribution is 5.69. The minimum absolute atomic E-state index is 0.139. The molecule has 1 saturated heterocycles. The second kappa shape index (κ2) is 6.71. The highest BCUT2D eigenvalue weighted by atomic mass is 16.5. The molecule has 1 aromatic carbocycles. The molecule has 1 fully saturated rings. The Balaban J connectivity index is 1.89. The van der Waals surface area contributed by atoms with Gasteiger partial charge in [-0.1, -0.05) is 24.3 Å². The first-order chi connectivity index (χ1) is 9.19. The summed E-state index contributed by atoms with van der Waals surface area (Å²) in [7, 11) is 3.62. The molecular formula is C16H23NO2. The molecule has 1 heterocycles. The van der Waals surface area contributed by atoms with Gasteiger partial charge in [0.2, 0.25) is 0 Å². The van der Waals surface area contributed by atoms with Crippen LogP contribution in [0.4, 0.5) is 0 Å². The Morgan fingerprint density at radius 3 is 2.47 bits per heavy atom. The summed E-state index contributed by atoms with van der Waals surface area (Å²) in [5.74, 6) is 0.560. The van der Waals surface area contributed by atoms with Crippen LogP contribution in [-0.4, -0.2) is 38.1 Å². The maximum atomic E-state index is 11.1. The normalized spacial score (nSPS) is 17.4. The van der Waals surface area contributed by atoms with Crippen molar-refractivity contribution < 1.29 is 9.53 Å². The molecule has 0 unspecified atom stereocenters. The van der Waals surface area contributed by atoms with Gasteiger partial charge in [-0.3, -0.25) is 4.79 Å². The number of hydrogen-bond acceptors (Lipinski definition) is 3. The summed E-state index contributed by atoms with van der Waals surface area (Å²) >= 11 is 0. The average Bonchev–Trinajstić information content (AvgIpc) is 2.46. The van der Waals surface area contributed by atoms with Gasteiger partial charge in [-0.05, 0) is 56.4 Å². The van der Waals surface area contributed by atoms with Crippen molar-refractivity contribution in [2.45, 2.75) is 31.6 Å². The third-order valence-corrected chi connectivity index (χ3v) is 4.02. The van der Waals surface area contributed by atoms with Crippen molar-refractivity contribution in [3.8, 4) is 0 Å². The van der Waals surface area contributed by atoms with E-state index in [1.54, 1.807) is 0 Å². The molecule has 0 aliphatic carbocycles. The van der Waals surface area contributed by atoms with Crippen molar-refractivity contribution in [3.63, 3.8) is 0 Å². The number of carbonyl (C=O) groups is 1. The van der Waals surface area contributed by atoms with E-state index in [1.165, 1.54) is 44.2 Å². The Hall–Kier alpha value is -1.35. The van der Waals surface area contributed by atoms with Gasteiger partial charge in [-0.25, -0.2) is 0 Å². The summed E-state index contributed by atoms with van der Waals surface area (Å²) in [6, 6.07) is 8.75. The molecule has 0 radical (unpaired) electrons. The molecule has 1 aliphatic rings. The fraction of sp³-hybridized carbons (Fsp3) is 0.562. The van der Waals surface area contributed by atoms with E-state index < -0.39 is 0 Å². The maximum absolute atomic E-state index is 11.1. The number of carbonyl (C=O) groups excluding carboxylic acids is 1. The van der Waals surface area contributed by atoms with Crippen molar-refractivity contribution in [1.82, 2.24) is 4.90 Å². The molecule has 104 valence electrons. The number of methoxy groups -OCH3 is 1. The van der Waals surface area contributed by atoms with Gasteiger partial charge in [0, 0.05) is 6.42 Å². The van der Waals surface area contributed by atoms with Gasteiger partial charge in [0.05, 0.1) is 7.11 Å². The summed E-state index contributed by atoms with van der Waals surface area (Å²) in [4.78, 5) is 13.5. The number of aryl methyl sites for hydroxylation is 1. The largest absolute Gasteiger partial charge is 0.469 e. The predicted molar refractivity (Wildman–Crippen MR) is 76.3 cm³/mol. The zero-order valence-corrected chi connectivity index (χ0v) is 11.9. The van der Waals surface area contributed by atoms with Gasteiger partial charge < -0.3 is 9.64 Å². The van der Waals surface area contributed by atoms with Crippen molar-refractivity contribution in [3.05, 3.63) is 35.4 Å². The van der Waals surface area contributed by atoms with E-state index in [0.29, 0.717) is 12.3 Å². The van der Waals surface area contributed by atoms with Gasteiger partial charge in [0.15, 0.2) is 0 Å². The summed E-state index contributed by atoms with van der Waals surface area (Å²) in [5.41, 5.74) is 2.65. The Kier molecular flexibility index (Phi) is 4.97. The van der Waals surface area contributed by atoms with Crippen LogP contribution in [0.3, 0.4) is 0 Å². The number of nitrogens with zero attached hydrogens (tertiary/aromatic N) is 1. The van der Waals surface area contributed by atoms with E-state index in [2.05, 4.69) is 40.9 Å². The van der Waals surface area contributed by atoms with Crippen molar-refractivity contribution in [2.24, 2.45) is 0 Å². The second-order valence-electron chi connectivity index (χ2n) is 5.40. The summed E-state index contributed by atoms with van der Waals surface area (Å²) in [5, 5.41) is 0. The number of piperidine rings is 1.